The van der Waals surface area contributed by atoms with E-state index in [1.54, 1.807) is 18.2 Å². The van der Waals surface area contributed by atoms with Crippen LogP contribution in [0.25, 0.3) is 16.8 Å². The van der Waals surface area contributed by atoms with E-state index in [0.29, 0.717) is 22.3 Å². The summed E-state index contributed by atoms with van der Waals surface area (Å²) in [6.45, 7) is 3.58. The number of rotatable bonds is 10. The quantitative estimate of drug-likeness (QED) is 0.0935. The van der Waals surface area contributed by atoms with Crippen molar-refractivity contribution in [1.29, 1.82) is 0 Å². The molecule has 8 nitrogen and oxygen atoms in total. The smallest absolute Gasteiger partial charge is 0.429 e. The molecule has 0 bridgehead atoms. The second kappa shape index (κ2) is 12.3. The Labute approximate surface area is 228 Å². The van der Waals surface area contributed by atoms with Crippen LogP contribution in [0.4, 0.5) is 17.6 Å². The van der Waals surface area contributed by atoms with Gasteiger partial charge in [-0.1, -0.05) is 67.2 Å². The van der Waals surface area contributed by atoms with Crippen molar-refractivity contribution in [2.75, 3.05) is 0 Å². The first-order valence-corrected chi connectivity index (χ1v) is 13.2. The van der Waals surface area contributed by atoms with Gasteiger partial charge in [0.05, 0.1) is 5.70 Å². The molecule has 3 aromatic carbocycles. The van der Waals surface area contributed by atoms with Crippen LogP contribution >= 0.6 is 0 Å². The van der Waals surface area contributed by atoms with Crippen molar-refractivity contribution in [2.45, 2.75) is 24.1 Å². The number of nitrogens with zero attached hydrogens (tertiary/aromatic N) is 1. The Morgan fingerprint density at radius 2 is 1.62 bits per heavy atom. The summed E-state index contributed by atoms with van der Waals surface area (Å²) >= 11 is 0. The summed E-state index contributed by atoms with van der Waals surface area (Å²) in [6, 6.07) is 17.1. The minimum atomic E-state index is -4.81. The van der Waals surface area contributed by atoms with Gasteiger partial charge in [0.2, 0.25) is 16.1 Å². The van der Waals surface area contributed by atoms with E-state index < -0.39 is 39.3 Å². The second-order valence-corrected chi connectivity index (χ2v) is 10.5. The number of allylic oxidation sites excluding steroid dienone is 1. The van der Waals surface area contributed by atoms with Crippen LogP contribution in [0.2, 0.25) is 0 Å². The summed E-state index contributed by atoms with van der Waals surface area (Å²) in [5.74, 6) is -1.24. The van der Waals surface area contributed by atoms with Crippen LogP contribution in [0.5, 0.6) is 0 Å². The Hall–Kier alpha value is -4.20. The highest BCUT2D eigenvalue weighted by Crippen LogP contribution is 2.38. The zero-order valence-corrected chi connectivity index (χ0v) is 21.8. The van der Waals surface area contributed by atoms with Crippen LogP contribution < -0.4 is 22.3 Å². The Morgan fingerprint density at radius 3 is 2.15 bits per heavy atom. The zero-order valence-electron chi connectivity index (χ0n) is 21.0. The first-order valence-electron chi connectivity index (χ1n) is 11.6. The number of hydrogen-bond donors (Lipinski definition) is 4. The number of hydrogen-bond acceptors (Lipinski definition) is 5. The molecule has 3 rings (SSSR count). The van der Waals surface area contributed by atoms with Crippen molar-refractivity contribution >= 4 is 21.7 Å². The number of guanidine groups is 1. The molecule has 0 radical (unpaired) electrons. The maximum atomic E-state index is 14.0. The van der Waals surface area contributed by atoms with Crippen molar-refractivity contribution in [3.8, 4) is 11.1 Å². The van der Waals surface area contributed by atoms with E-state index in [2.05, 4.69) is 11.6 Å². The first kappa shape index (κ1) is 30.3. The van der Waals surface area contributed by atoms with E-state index in [0.717, 1.165) is 6.08 Å². The van der Waals surface area contributed by atoms with Crippen LogP contribution in [0.3, 0.4) is 0 Å². The molecule has 2 atom stereocenters. The highest BCUT2D eigenvalue weighted by Gasteiger charge is 2.43. The molecule has 0 amide bonds. The molecule has 0 aliphatic heterocycles. The van der Waals surface area contributed by atoms with Crippen LogP contribution in [-0.4, -0.2) is 25.9 Å². The van der Waals surface area contributed by atoms with E-state index in [1.165, 1.54) is 54.6 Å². The fourth-order valence-electron chi connectivity index (χ4n) is 3.66. The third-order valence-corrected chi connectivity index (χ3v) is 6.60. The molecule has 0 aromatic heterocycles. The topological polar surface area (TPSA) is 160 Å². The van der Waals surface area contributed by atoms with Crippen LogP contribution in [0.1, 0.15) is 22.8 Å². The van der Waals surface area contributed by atoms with Crippen molar-refractivity contribution in [3.05, 3.63) is 114 Å². The van der Waals surface area contributed by atoms with Crippen LogP contribution in [0.15, 0.2) is 96.2 Å². The molecule has 0 saturated heterocycles. The number of alkyl halides is 3. The number of ether oxygens (including phenoxy) is 1. The minimum absolute atomic E-state index is 0.0367. The highest BCUT2D eigenvalue weighted by molar-refractivity contribution is 7.89. The van der Waals surface area contributed by atoms with Gasteiger partial charge in [0.15, 0.2) is 5.96 Å². The van der Waals surface area contributed by atoms with E-state index >= 15 is 0 Å². The van der Waals surface area contributed by atoms with E-state index in [9.17, 15) is 26.0 Å². The number of aliphatic imine (C=N–C) groups is 1. The molecule has 0 heterocycles. The van der Waals surface area contributed by atoms with E-state index in [-0.39, 0.29) is 23.6 Å². The number of halogens is 4. The van der Waals surface area contributed by atoms with Crippen molar-refractivity contribution in [3.63, 3.8) is 0 Å². The van der Waals surface area contributed by atoms with Crippen molar-refractivity contribution in [1.82, 2.24) is 0 Å². The number of benzene rings is 3. The lowest BCUT2D eigenvalue weighted by atomic mass is 10.0. The molecule has 8 N–H and O–H groups in total. The minimum Gasteiger partial charge on any atom is -0.477 e. The Balaban J connectivity index is 1.86. The molecule has 212 valence electrons. The molecule has 0 spiro atoms. The van der Waals surface area contributed by atoms with Gasteiger partial charge in [-0.05, 0) is 28.8 Å². The average Bonchev–Trinajstić information content (AvgIpc) is 2.86. The third-order valence-electron chi connectivity index (χ3n) is 5.59. The zero-order chi connectivity index (χ0) is 29.7. The van der Waals surface area contributed by atoms with Crippen molar-refractivity contribution < 1.29 is 30.7 Å². The lowest BCUT2D eigenvalue weighted by molar-refractivity contribution is -0.211. The molecule has 40 heavy (non-hydrogen) atoms. The standard InChI is InChI=1S/C27H27F4N5O3S/c1-16(13-23(36-26(33)34)19-7-5-17(6-8-19)14-24(32)40(35,37)38)39-25(27(29,30)31)20-11-9-18(10-12-20)21-3-2-4-22(28)15-21/h2-13,15,24-25H,1,14,32H2,(H4,33,34,36)(H2,35,37,38)/b23-13-. The summed E-state index contributed by atoms with van der Waals surface area (Å²) in [5.41, 5.74) is 18.3. The lowest BCUT2D eigenvalue weighted by Gasteiger charge is -2.23. The fourth-order valence-corrected chi connectivity index (χ4v) is 4.08. The fraction of sp³-hybridized carbons (Fsp3) is 0.148. The maximum absolute atomic E-state index is 14.0. The van der Waals surface area contributed by atoms with Gasteiger partial charge in [-0.25, -0.2) is 22.9 Å². The molecule has 2 unspecified atom stereocenters. The van der Waals surface area contributed by atoms with Crippen LogP contribution in [-0.2, 0) is 21.2 Å². The van der Waals surface area contributed by atoms with Gasteiger partial charge in [-0.2, -0.15) is 13.2 Å². The van der Waals surface area contributed by atoms with Gasteiger partial charge in [-0.15, -0.1) is 0 Å². The number of sulfonamides is 1. The first-order chi connectivity index (χ1) is 18.6. The molecule has 0 aliphatic rings. The number of primary sulfonamides is 1. The number of nitrogens with two attached hydrogens (primary N) is 4. The van der Waals surface area contributed by atoms with E-state index in [4.69, 9.17) is 27.1 Å². The summed E-state index contributed by atoms with van der Waals surface area (Å²) < 4.78 is 83.5. The third kappa shape index (κ3) is 8.40. The van der Waals surface area contributed by atoms with Gasteiger partial charge >= 0.3 is 6.18 Å². The van der Waals surface area contributed by atoms with Gasteiger partial charge in [0.25, 0.3) is 0 Å². The molecule has 0 aliphatic carbocycles. The molecule has 0 saturated carbocycles. The van der Waals surface area contributed by atoms with Gasteiger partial charge in [-0.3, -0.25) is 0 Å². The summed E-state index contributed by atoms with van der Waals surface area (Å²) in [4.78, 5) is 3.95. The summed E-state index contributed by atoms with van der Waals surface area (Å²) in [5, 5.41) is 3.72. The van der Waals surface area contributed by atoms with Gasteiger partial charge in [0.1, 0.15) is 17.0 Å². The average molecular weight is 578 g/mol. The predicted molar refractivity (Wildman–Crippen MR) is 146 cm³/mol. The largest absolute Gasteiger partial charge is 0.477 e. The maximum Gasteiger partial charge on any atom is 0.429 e. The predicted octanol–water partition coefficient (Wildman–Crippen LogP) is 4.06. The monoisotopic (exact) mass is 577 g/mol. The molecule has 0 fully saturated rings. The lowest BCUT2D eigenvalue weighted by Crippen LogP contribution is -2.37. The van der Waals surface area contributed by atoms with Crippen molar-refractivity contribution in [2.24, 2.45) is 27.3 Å². The molecule has 13 heteroatoms. The Bertz CT molecular complexity index is 1520. The van der Waals surface area contributed by atoms with Gasteiger partial charge < -0.3 is 21.9 Å². The normalized spacial score (nSPS) is 13.8. The van der Waals surface area contributed by atoms with Gasteiger partial charge in [0, 0.05) is 23.6 Å². The summed E-state index contributed by atoms with van der Waals surface area (Å²) in [6.07, 6.45) is -6.12. The SMILES string of the molecule is C=C(/C=C(\N=C(N)N)c1ccc(CC(N)S(N)(=O)=O)cc1)OC(c1ccc(-c2cccc(F)c2)cc1)C(F)(F)F. The Morgan fingerprint density at radius 1 is 1.00 bits per heavy atom. The van der Waals surface area contributed by atoms with Crippen LogP contribution in [0, 0.1) is 5.82 Å². The highest BCUT2D eigenvalue weighted by atomic mass is 32.2. The second-order valence-electron chi connectivity index (χ2n) is 8.73. The van der Waals surface area contributed by atoms with E-state index in [1.807, 2.05) is 0 Å². The molecular weight excluding hydrogens is 550 g/mol. The summed E-state index contributed by atoms with van der Waals surface area (Å²) in [7, 11) is -3.95. The molecule has 3 aromatic rings. The molecular formula is C27H27F4N5O3S. The Kier molecular flexibility index (Phi) is 9.35.